The van der Waals surface area contributed by atoms with E-state index in [1.807, 2.05) is 0 Å². The molecule has 10 nitrogen and oxygen atoms in total. The summed E-state index contributed by atoms with van der Waals surface area (Å²) in [5.74, 6) is -0.717. The molecule has 0 atom stereocenters. The van der Waals surface area contributed by atoms with Gasteiger partial charge in [-0.1, -0.05) is 5.16 Å². The lowest BCUT2D eigenvalue weighted by molar-refractivity contribution is -0.389. The molecule has 2 aromatic rings. The molecule has 0 aliphatic rings. The minimum absolute atomic E-state index is 0.0835. The van der Waals surface area contributed by atoms with Crippen molar-refractivity contribution in [1.82, 2.24) is 25.2 Å². The van der Waals surface area contributed by atoms with Crippen LogP contribution in [0.5, 0.6) is 0 Å². The predicted octanol–water partition coefficient (Wildman–Crippen LogP) is -0.109. The number of aryl methyl sites for hydroxylation is 1. The Morgan fingerprint density at radius 1 is 1.63 bits per heavy atom. The maximum Gasteiger partial charge on any atom is 0.390 e. The van der Waals surface area contributed by atoms with Crippen molar-refractivity contribution >= 4 is 11.7 Å². The van der Waals surface area contributed by atoms with Gasteiger partial charge < -0.3 is 20.0 Å². The standard InChI is InChI=1S/C9H10N6O4/c1-5-3-7(15(17)18)12-14(5)4-6-11-9(19-13-6)8(16)10-2/h3H,4H2,1-2H3,(H,10,16). The highest BCUT2D eigenvalue weighted by Crippen LogP contribution is 2.12. The smallest absolute Gasteiger partial charge is 0.358 e. The molecule has 0 radical (unpaired) electrons. The summed E-state index contributed by atoms with van der Waals surface area (Å²) >= 11 is 0. The summed E-state index contributed by atoms with van der Waals surface area (Å²) in [5, 5.41) is 20.3. The van der Waals surface area contributed by atoms with Crippen molar-refractivity contribution in [3.05, 3.63) is 33.6 Å². The van der Waals surface area contributed by atoms with E-state index in [2.05, 4.69) is 20.6 Å². The van der Waals surface area contributed by atoms with Crippen LogP contribution in [0.4, 0.5) is 5.82 Å². The van der Waals surface area contributed by atoms with E-state index in [4.69, 9.17) is 4.52 Å². The third kappa shape index (κ3) is 2.56. The molecule has 100 valence electrons. The van der Waals surface area contributed by atoms with E-state index in [9.17, 15) is 14.9 Å². The minimum Gasteiger partial charge on any atom is -0.358 e. The normalized spacial score (nSPS) is 10.4. The lowest BCUT2D eigenvalue weighted by Gasteiger charge is -1.93. The summed E-state index contributed by atoms with van der Waals surface area (Å²) in [6, 6.07) is 1.33. The van der Waals surface area contributed by atoms with Crippen molar-refractivity contribution in [3.63, 3.8) is 0 Å². The molecule has 1 amide bonds. The van der Waals surface area contributed by atoms with Crippen LogP contribution in [-0.4, -0.2) is 37.8 Å². The van der Waals surface area contributed by atoms with Gasteiger partial charge in [-0.2, -0.15) is 9.67 Å². The van der Waals surface area contributed by atoms with E-state index in [-0.39, 0.29) is 24.1 Å². The number of nitrogens with one attached hydrogen (secondary N) is 1. The van der Waals surface area contributed by atoms with Gasteiger partial charge in [-0.25, -0.2) is 0 Å². The molecule has 0 unspecified atom stereocenters. The molecule has 0 aromatic carbocycles. The number of hydrogen-bond donors (Lipinski definition) is 1. The van der Waals surface area contributed by atoms with E-state index in [1.165, 1.54) is 17.8 Å². The van der Waals surface area contributed by atoms with Gasteiger partial charge in [-0.3, -0.25) is 4.79 Å². The summed E-state index contributed by atoms with van der Waals surface area (Å²) in [4.78, 5) is 25.1. The molecule has 2 aromatic heterocycles. The van der Waals surface area contributed by atoms with Gasteiger partial charge in [0.05, 0.1) is 16.9 Å². The monoisotopic (exact) mass is 266 g/mol. The number of hydrogen-bond acceptors (Lipinski definition) is 7. The molecule has 0 aliphatic carbocycles. The molecule has 0 saturated heterocycles. The highest BCUT2D eigenvalue weighted by atomic mass is 16.6. The Morgan fingerprint density at radius 2 is 2.37 bits per heavy atom. The van der Waals surface area contributed by atoms with Crippen LogP contribution in [0.1, 0.15) is 22.2 Å². The molecule has 0 spiro atoms. The Morgan fingerprint density at radius 3 is 2.95 bits per heavy atom. The molecule has 0 fully saturated rings. The largest absolute Gasteiger partial charge is 0.390 e. The Bertz CT molecular complexity index is 630. The van der Waals surface area contributed by atoms with E-state index in [1.54, 1.807) is 6.92 Å². The van der Waals surface area contributed by atoms with Crippen LogP contribution in [0.25, 0.3) is 0 Å². The van der Waals surface area contributed by atoms with E-state index >= 15 is 0 Å². The molecule has 1 N–H and O–H groups in total. The first-order valence-corrected chi connectivity index (χ1v) is 5.24. The first-order chi connectivity index (χ1) is 9.01. The summed E-state index contributed by atoms with van der Waals surface area (Å²) in [6.07, 6.45) is 0. The molecule has 2 rings (SSSR count). The van der Waals surface area contributed by atoms with Gasteiger partial charge in [0.25, 0.3) is 0 Å². The molecule has 2 heterocycles. The lowest BCUT2D eigenvalue weighted by atomic mass is 10.4. The molecule has 19 heavy (non-hydrogen) atoms. The summed E-state index contributed by atoms with van der Waals surface area (Å²) in [7, 11) is 1.44. The van der Waals surface area contributed by atoms with Crippen LogP contribution < -0.4 is 5.32 Å². The average molecular weight is 266 g/mol. The second-order valence-corrected chi connectivity index (χ2v) is 3.65. The first-order valence-electron chi connectivity index (χ1n) is 5.24. The summed E-state index contributed by atoms with van der Waals surface area (Å²) in [6.45, 7) is 1.75. The van der Waals surface area contributed by atoms with Crippen molar-refractivity contribution in [2.75, 3.05) is 7.05 Å². The second kappa shape index (κ2) is 4.84. The minimum atomic E-state index is -0.588. The second-order valence-electron chi connectivity index (χ2n) is 3.65. The van der Waals surface area contributed by atoms with E-state index in [0.29, 0.717) is 5.69 Å². The molecule has 0 bridgehead atoms. The molecule has 0 saturated carbocycles. The number of aromatic nitrogens is 4. The fourth-order valence-electron chi connectivity index (χ4n) is 1.39. The van der Waals surface area contributed by atoms with Crippen molar-refractivity contribution in [2.24, 2.45) is 0 Å². The van der Waals surface area contributed by atoms with Crippen LogP contribution in [-0.2, 0) is 6.54 Å². The Labute approximate surface area is 106 Å². The number of nitro groups is 1. The fraction of sp³-hybridized carbons (Fsp3) is 0.333. The quantitative estimate of drug-likeness (QED) is 0.603. The van der Waals surface area contributed by atoms with Crippen LogP contribution in [0.2, 0.25) is 0 Å². The average Bonchev–Trinajstić information content (AvgIpc) is 2.97. The van der Waals surface area contributed by atoms with Gasteiger partial charge in [0, 0.05) is 7.05 Å². The highest BCUT2D eigenvalue weighted by molar-refractivity contribution is 5.89. The number of amides is 1. The number of carbonyl (C=O) groups is 1. The predicted molar refractivity (Wildman–Crippen MR) is 60.4 cm³/mol. The number of carbonyl (C=O) groups excluding carboxylic acids is 1. The number of nitrogens with zero attached hydrogens (tertiary/aromatic N) is 5. The van der Waals surface area contributed by atoms with Gasteiger partial charge in [0.1, 0.15) is 6.54 Å². The van der Waals surface area contributed by atoms with Crippen molar-refractivity contribution in [1.29, 1.82) is 0 Å². The highest BCUT2D eigenvalue weighted by Gasteiger charge is 2.19. The Hall–Kier alpha value is -2.78. The van der Waals surface area contributed by atoms with Gasteiger partial charge in [0.15, 0.2) is 5.82 Å². The van der Waals surface area contributed by atoms with Crippen molar-refractivity contribution in [2.45, 2.75) is 13.5 Å². The van der Waals surface area contributed by atoms with E-state index in [0.717, 1.165) is 0 Å². The van der Waals surface area contributed by atoms with Gasteiger partial charge in [0.2, 0.25) is 0 Å². The first kappa shape index (κ1) is 12.7. The van der Waals surface area contributed by atoms with Crippen LogP contribution in [0, 0.1) is 17.0 Å². The summed E-state index contributed by atoms with van der Waals surface area (Å²) in [5.41, 5.74) is 0.581. The summed E-state index contributed by atoms with van der Waals surface area (Å²) < 4.78 is 6.09. The number of rotatable bonds is 4. The third-order valence-electron chi connectivity index (χ3n) is 2.34. The van der Waals surface area contributed by atoms with Gasteiger partial charge in [-0.15, -0.1) is 0 Å². The Balaban J connectivity index is 2.19. The third-order valence-corrected chi connectivity index (χ3v) is 2.34. The van der Waals surface area contributed by atoms with Gasteiger partial charge in [-0.05, 0) is 11.8 Å². The van der Waals surface area contributed by atoms with E-state index < -0.39 is 10.8 Å². The topological polar surface area (TPSA) is 129 Å². The maximum absolute atomic E-state index is 11.2. The lowest BCUT2D eigenvalue weighted by Crippen LogP contribution is -2.18. The van der Waals surface area contributed by atoms with Crippen LogP contribution >= 0.6 is 0 Å². The zero-order chi connectivity index (χ0) is 14.0. The molecular weight excluding hydrogens is 256 g/mol. The maximum atomic E-state index is 11.2. The van der Waals surface area contributed by atoms with Crippen molar-refractivity contribution < 1.29 is 14.2 Å². The Kier molecular flexibility index (Phi) is 3.23. The van der Waals surface area contributed by atoms with Crippen LogP contribution in [0.15, 0.2) is 10.6 Å². The van der Waals surface area contributed by atoms with Crippen LogP contribution in [0.3, 0.4) is 0 Å². The zero-order valence-corrected chi connectivity index (χ0v) is 10.2. The molecule has 0 aliphatic heterocycles. The van der Waals surface area contributed by atoms with Crippen molar-refractivity contribution in [3.8, 4) is 0 Å². The SMILES string of the molecule is CNC(=O)c1nc(Cn2nc([N+](=O)[O-])cc2C)no1. The van der Waals surface area contributed by atoms with Gasteiger partial charge >= 0.3 is 17.6 Å². The zero-order valence-electron chi connectivity index (χ0n) is 10.2. The molecular formula is C9H10N6O4. The molecule has 10 heteroatoms. The fourth-order valence-corrected chi connectivity index (χ4v) is 1.39.